The molecule has 0 aromatic heterocycles. The van der Waals surface area contributed by atoms with Gasteiger partial charge in [0.1, 0.15) is 5.75 Å². The van der Waals surface area contributed by atoms with E-state index in [1.165, 1.54) is 0 Å². The van der Waals surface area contributed by atoms with Gasteiger partial charge in [-0.15, -0.1) is 0 Å². The Balaban J connectivity index is 2.13. The van der Waals surface area contributed by atoms with Gasteiger partial charge in [-0.1, -0.05) is 27.7 Å². The minimum absolute atomic E-state index is 0.0701. The molecule has 0 bridgehead atoms. The molecule has 136 valence electrons. The number of ether oxygens (including phenoxy) is 1. The Kier molecular flexibility index (Phi) is 6.04. The van der Waals surface area contributed by atoms with Crippen molar-refractivity contribution in [1.29, 1.82) is 0 Å². The van der Waals surface area contributed by atoms with Gasteiger partial charge < -0.3 is 9.64 Å². The first kappa shape index (κ1) is 19.2. The van der Waals surface area contributed by atoms with Crippen LogP contribution in [0.15, 0.2) is 36.0 Å². The quantitative estimate of drug-likeness (QED) is 0.552. The number of benzene rings is 1. The third-order valence-electron chi connectivity index (χ3n) is 4.70. The van der Waals surface area contributed by atoms with Crippen molar-refractivity contribution >= 4 is 11.6 Å². The van der Waals surface area contributed by atoms with Gasteiger partial charge in [0.25, 0.3) is 0 Å². The molecule has 0 atom stereocenters. The topological polar surface area (TPSA) is 46.6 Å². The Morgan fingerprint density at radius 1 is 1.16 bits per heavy atom. The standard InChI is InChI=1S/C21H29NO3/c1-15(2)13-22-11-10-21(3,4)18(14-22)20(24)12-19(23)16-6-8-17(25-5)9-7-16/h6-9,14-15H,10-13H2,1-5H3. The minimum Gasteiger partial charge on any atom is -0.497 e. The average molecular weight is 343 g/mol. The SMILES string of the molecule is COc1ccc(C(=O)CC(=O)C2=CN(CC(C)C)CCC2(C)C)cc1. The summed E-state index contributed by atoms with van der Waals surface area (Å²) in [5, 5.41) is 0. The largest absolute Gasteiger partial charge is 0.497 e. The lowest BCUT2D eigenvalue weighted by atomic mass is 9.76. The summed E-state index contributed by atoms with van der Waals surface area (Å²) in [4.78, 5) is 27.5. The number of hydrogen-bond acceptors (Lipinski definition) is 4. The second-order valence-electron chi connectivity index (χ2n) is 7.82. The Bertz CT molecular complexity index is 656. The van der Waals surface area contributed by atoms with Gasteiger partial charge in [0.15, 0.2) is 11.6 Å². The average Bonchev–Trinajstić information content (AvgIpc) is 2.56. The lowest BCUT2D eigenvalue weighted by molar-refractivity contribution is -0.116. The van der Waals surface area contributed by atoms with Crippen LogP contribution < -0.4 is 4.74 Å². The van der Waals surface area contributed by atoms with Crippen molar-refractivity contribution in [2.75, 3.05) is 20.2 Å². The molecule has 1 heterocycles. The first-order valence-corrected chi connectivity index (χ1v) is 8.89. The van der Waals surface area contributed by atoms with Crippen LogP contribution in [0.2, 0.25) is 0 Å². The molecule has 0 spiro atoms. The Hall–Kier alpha value is -2.10. The number of Topliss-reactive ketones (excluding diaryl/α,β-unsaturated/α-hetero) is 2. The fourth-order valence-electron chi connectivity index (χ4n) is 3.16. The molecule has 4 heteroatoms. The summed E-state index contributed by atoms with van der Waals surface area (Å²) in [5.41, 5.74) is 1.12. The zero-order chi connectivity index (χ0) is 18.6. The van der Waals surface area contributed by atoms with E-state index in [1.807, 2.05) is 6.20 Å². The van der Waals surface area contributed by atoms with Crippen molar-refractivity contribution in [2.24, 2.45) is 11.3 Å². The van der Waals surface area contributed by atoms with E-state index in [4.69, 9.17) is 4.74 Å². The van der Waals surface area contributed by atoms with Crippen molar-refractivity contribution in [3.63, 3.8) is 0 Å². The molecule has 0 N–H and O–H groups in total. The smallest absolute Gasteiger partial charge is 0.170 e. The van der Waals surface area contributed by atoms with Crippen LogP contribution in [0.3, 0.4) is 0 Å². The summed E-state index contributed by atoms with van der Waals surface area (Å²) < 4.78 is 5.10. The monoisotopic (exact) mass is 343 g/mol. The van der Waals surface area contributed by atoms with Crippen molar-refractivity contribution < 1.29 is 14.3 Å². The van der Waals surface area contributed by atoms with E-state index >= 15 is 0 Å². The molecule has 1 aromatic rings. The highest BCUT2D eigenvalue weighted by Crippen LogP contribution is 2.36. The third-order valence-corrected chi connectivity index (χ3v) is 4.70. The maximum Gasteiger partial charge on any atom is 0.170 e. The number of carbonyl (C=O) groups is 2. The van der Waals surface area contributed by atoms with E-state index in [-0.39, 0.29) is 23.4 Å². The fourth-order valence-corrected chi connectivity index (χ4v) is 3.16. The molecule has 0 fully saturated rings. The molecule has 1 aliphatic heterocycles. The molecule has 2 rings (SSSR count). The first-order chi connectivity index (χ1) is 11.7. The molecule has 4 nitrogen and oxygen atoms in total. The molecular formula is C21H29NO3. The summed E-state index contributed by atoms with van der Waals surface area (Å²) in [5.74, 6) is 1.02. The Morgan fingerprint density at radius 2 is 1.80 bits per heavy atom. The van der Waals surface area contributed by atoms with E-state index in [9.17, 15) is 9.59 Å². The molecule has 25 heavy (non-hydrogen) atoms. The van der Waals surface area contributed by atoms with Gasteiger partial charge in [-0.05, 0) is 42.0 Å². The molecule has 0 unspecified atom stereocenters. The van der Waals surface area contributed by atoms with Crippen molar-refractivity contribution in [3.8, 4) is 5.75 Å². The molecule has 0 saturated carbocycles. The molecule has 0 amide bonds. The summed E-state index contributed by atoms with van der Waals surface area (Å²) in [6.07, 6.45) is 2.82. The lowest BCUT2D eigenvalue weighted by Gasteiger charge is -2.37. The van der Waals surface area contributed by atoms with Gasteiger partial charge in [-0.3, -0.25) is 9.59 Å². The number of allylic oxidation sites excluding steroid dienone is 1. The summed E-state index contributed by atoms with van der Waals surface area (Å²) >= 11 is 0. The Labute approximate surface area is 150 Å². The number of ketones is 2. The van der Waals surface area contributed by atoms with Crippen LogP contribution >= 0.6 is 0 Å². The highest BCUT2D eigenvalue weighted by atomic mass is 16.5. The third kappa shape index (κ3) is 4.94. The highest BCUT2D eigenvalue weighted by molar-refractivity contribution is 6.13. The van der Waals surface area contributed by atoms with E-state index < -0.39 is 0 Å². The predicted molar refractivity (Wildman–Crippen MR) is 99.8 cm³/mol. The van der Waals surface area contributed by atoms with Crippen LogP contribution in [0.1, 0.15) is 50.9 Å². The molecule has 0 saturated heterocycles. The minimum atomic E-state index is -0.190. The van der Waals surface area contributed by atoms with E-state index in [0.29, 0.717) is 17.2 Å². The van der Waals surface area contributed by atoms with Crippen molar-refractivity contribution in [2.45, 2.75) is 40.5 Å². The van der Waals surface area contributed by atoms with E-state index in [1.54, 1.807) is 31.4 Å². The van der Waals surface area contributed by atoms with Gasteiger partial charge in [0.05, 0.1) is 13.5 Å². The van der Waals surface area contributed by atoms with Crippen LogP contribution in [0, 0.1) is 11.3 Å². The molecule has 1 aromatic carbocycles. The maximum absolute atomic E-state index is 12.8. The summed E-state index contributed by atoms with van der Waals surface area (Å²) in [6.45, 7) is 10.4. The number of hydrogen-bond donors (Lipinski definition) is 0. The number of methoxy groups -OCH3 is 1. The first-order valence-electron chi connectivity index (χ1n) is 8.89. The zero-order valence-corrected chi connectivity index (χ0v) is 16.0. The van der Waals surface area contributed by atoms with E-state index in [0.717, 1.165) is 25.1 Å². The molecule has 0 radical (unpaired) electrons. The molecule has 1 aliphatic rings. The lowest BCUT2D eigenvalue weighted by Crippen LogP contribution is -2.36. The van der Waals surface area contributed by atoms with Gasteiger partial charge in [-0.2, -0.15) is 0 Å². The number of nitrogens with zero attached hydrogens (tertiary/aromatic N) is 1. The van der Waals surface area contributed by atoms with Crippen LogP contribution in [-0.2, 0) is 4.79 Å². The van der Waals surface area contributed by atoms with Crippen LogP contribution in [0.5, 0.6) is 5.75 Å². The van der Waals surface area contributed by atoms with E-state index in [2.05, 4.69) is 32.6 Å². The summed E-state index contributed by atoms with van der Waals surface area (Å²) in [6, 6.07) is 6.90. The van der Waals surface area contributed by atoms with Gasteiger partial charge in [0.2, 0.25) is 0 Å². The number of rotatable bonds is 7. The molecule has 0 aliphatic carbocycles. The van der Waals surface area contributed by atoms with Crippen molar-refractivity contribution in [1.82, 2.24) is 4.90 Å². The van der Waals surface area contributed by atoms with Crippen LogP contribution in [0.25, 0.3) is 0 Å². The molecular weight excluding hydrogens is 314 g/mol. The van der Waals surface area contributed by atoms with Crippen molar-refractivity contribution in [3.05, 3.63) is 41.6 Å². The normalized spacial score (nSPS) is 16.6. The second kappa shape index (κ2) is 7.85. The fraction of sp³-hybridized carbons (Fsp3) is 0.524. The Morgan fingerprint density at radius 3 is 2.36 bits per heavy atom. The zero-order valence-electron chi connectivity index (χ0n) is 16.0. The van der Waals surface area contributed by atoms with Gasteiger partial charge >= 0.3 is 0 Å². The van der Waals surface area contributed by atoms with Crippen LogP contribution in [0.4, 0.5) is 0 Å². The highest BCUT2D eigenvalue weighted by Gasteiger charge is 2.33. The maximum atomic E-state index is 12.8. The van der Waals surface area contributed by atoms with Gasteiger partial charge in [0, 0.05) is 30.4 Å². The summed E-state index contributed by atoms with van der Waals surface area (Å²) in [7, 11) is 1.58. The van der Waals surface area contributed by atoms with Crippen LogP contribution in [-0.4, -0.2) is 36.7 Å². The number of carbonyl (C=O) groups excluding carboxylic acids is 2. The van der Waals surface area contributed by atoms with Gasteiger partial charge in [-0.25, -0.2) is 0 Å². The second-order valence-corrected chi connectivity index (χ2v) is 7.82. The predicted octanol–water partition coefficient (Wildman–Crippen LogP) is 4.11.